The van der Waals surface area contributed by atoms with E-state index in [-0.39, 0.29) is 30.6 Å². The summed E-state index contributed by atoms with van der Waals surface area (Å²) in [5.74, 6) is 1.56. The summed E-state index contributed by atoms with van der Waals surface area (Å²) < 4.78 is 10.6. The summed E-state index contributed by atoms with van der Waals surface area (Å²) in [6.45, 7) is 5.32. The maximum Gasteiger partial charge on any atom is 0.312 e. The van der Waals surface area contributed by atoms with Crippen molar-refractivity contribution in [3.05, 3.63) is 0 Å². The molecule has 5 heteroatoms. The van der Waals surface area contributed by atoms with Gasteiger partial charge in [0.2, 0.25) is 0 Å². The molecule has 0 saturated heterocycles. The van der Waals surface area contributed by atoms with Gasteiger partial charge in [0, 0.05) is 0 Å². The smallest absolute Gasteiger partial charge is 0.312 e. The monoisotopic (exact) mass is 352 g/mol. The second kappa shape index (κ2) is 6.90. The molecule has 0 aromatic carbocycles. The topological polar surface area (TPSA) is 72.8 Å². The predicted octanol–water partition coefficient (Wildman–Crippen LogP) is 3.09. The van der Waals surface area contributed by atoms with Crippen LogP contribution in [-0.4, -0.2) is 36.4 Å². The third-order valence-electron chi connectivity index (χ3n) is 6.72. The quantitative estimate of drug-likeness (QED) is 0.713. The van der Waals surface area contributed by atoms with Crippen LogP contribution in [0.15, 0.2) is 0 Å². The predicted molar refractivity (Wildman–Crippen MR) is 92.6 cm³/mol. The van der Waals surface area contributed by atoms with Gasteiger partial charge < -0.3 is 14.6 Å². The SMILES string of the molecule is CCC(C)(C)C(=O)OCC(O)COC(=O)C12CC3CC(CC(C3)C1)C2. The third-order valence-corrected chi connectivity index (χ3v) is 6.72. The Kier molecular flexibility index (Phi) is 5.16. The van der Waals surface area contributed by atoms with E-state index in [2.05, 4.69) is 0 Å². The molecule has 1 atom stereocenters. The van der Waals surface area contributed by atoms with E-state index in [1.54, 1.807) is 0 Å². The Bertz CT molecular complexity index is 489. The van der Waals surface area contributed by atoms with Crippen molar-refractivity contribution in [2.45, 2.75) is 71.8 Å². The van der Waals surface area contributed by atoms with Gasteiger partial charge in [0.1, 0.15) is 19.3 Å². The molecule has 4 fully saturated rings. The van der Waals surface area contributed by atoms with E-state index in [1.165, 1.54) is 19.3 Å². The molecule has 4 bridgehead atoms. The first kappa shape index (κ1) is 18.7. The summed E-state index contributed by atoms with van der Waals surface area (Å²) in [5.41, 5.74) is -0.870. The molecule has 5 nitrogen and oxygen atoms in total. The normalized spacial score (nSPS) is 34.6. The van der Waals surface area contributed by atoms with Gasteiger partial charge in [-0.15, -0.1) is 0 Å². The highest BCUT2D eigenvalue weighted by Gasteiger charge is 2.55. The van der Waals surface area contributed by atoms with Crippen LogP contribution in [0.3, 0.4) is 0 Å². The first-order valence-corrected chi connectivity index (χ1v) is 9.76. The highest BCUT2D eigenvalue weighted by Crippen LogP contribution is 2.60. The average molecular weight is 352 g/mol. The van der Waals surface area contributed by atoms with Gasteiger partial charge in [-0.25, -0.2) is 0 Å². The fourth-order valence-corrected chi connectivity index (χ4v) is 5.25. The van der Waals surface area contributed by atoms with Crippen LogP contribution in [0.1, 0.15) is 65.7 Å². The minimum Gasteiger partial charge on any atom is -0.462 e. The van der Waals surface area contributed by atoms with Crippen LogP contribution in [0.25, 0.3) is 0 Å². The fourth-order valence-electron chi connectivity index (χ4n) is 5.25. The molecule has 142 valence electrons. The molecule has 4 saturated carbocycles. The van der Waals surface area contributed by atoms with Crippen LogP contribution in [-0.2, 0) is 19.1 Å². The van der Waals surface area contributed by atoms with Crippen molar-refractivity contribution in [2.75, 3.05) is 13.2 Å². The molecule has 0 aromatic heterocycles. The zero-order valence-electron chi connectivity index (χ0n) is 15.8. The van der Waals surface area contributed by atoms with Gasteiger partial charge >= 0.3 is 11.9 Å². The molecule has 1 N–H and O–H groups in total. The highest BCUT2D eigenvalue weighted by atomic mass is 16.6. The van der Waals surface area contributed by atoms with Crippen LogP contribution in [0.2, 0.25) is 0 Å². The number of hydrogen-bond donors (Lipinski definition) is 1. The van der Waals surface area contributed by atoms with Gasteiger partial charge in [0.05, 0.1) is 10.8 Å². The van der Waals surface area contributed by atoms with E-state index in [1.807, 2.05) is 20.8 Å². The molecular formula is C20H32O5. The van der Waals surface area contributed by atoms with Crippen molar-refractivity contribution in [1.29, 1.82) is 0 Å². The lowest BCUT2D eigenvalue weighted by Crippen LogP contribution is -2.51. The van der Waals surface area contributed by atoms with E-state index < -0.39 is 11.5 Å². The summed E-state index contributed by atoms with van der Waals surface area (Å²) in [4.78, 5) is 24.6. The molecular weight excluding hydrogens is 320 g/mol. The zero-order chi connectivity index (χ0) is 18.2. The number of ether oxygens (including phenoxy) is 2. The lowest BCUT2D eigenvalue weighted by atomic mass is 9.49. The van der Waals surface area contributed by atoms with Crippen LogP contribution < -0.4 is 0 Å². The van der Waals surface area contributed by atoms with Crippen LogP contribution in [0.4, 0.5) is 0 Å². The summed E-state index contributed by atoms with van der Waals surface area (Å²) in [7, 11) is 0. The zero-order valence-corrected chi connectivity index (χ0v) is 15.8. The Hall–Kier alpha value is -1.10. The molecule has 4 aliphatic carbocycles. The molecule has 4 aliphatic rings. The molecule has 0 aliphatic heterocycles. The number of carbonyl (C=O) groups excluding carboxylic acids is 2. The minimum atomic E-state index is -0.963. The van der Waals surface area contributed by atoms with Crippen molar-refractivity contribution < 1.29 is 24.2 Å². The van der Waals surface area contributed by atoms with Gasteiger partial charge in [0.25, 0.3) is 0 Å². The van der Waals surface area contributed by atoms with Crippen LogP contribution in [0, 0.1) is 28.6 Å². The van der Waals surface area contributed by atoms with Gasteiger partial charge in [0.15, 0.2) is 0 Å². The summed E-state index contributed by atoms with van der Waals surface area (Å²) in [5, 5.41) is 10.0. The van der Waals surface area contributed by atoms with E-state index in [0.29, 0.717) is 24.2 Å². The Morgan fingerprint density at radius 1 is 1.04 bits per heavy atom. The lowest BCUT2D eigenvalue weighted by molar-refractivity contribution is -0.176. The van der Waals surface area contributed by atoms with Crippen LogP contribution >= 0.6 is 0 Å². The fraction of sp³-hybridized carbons (Fsp3) is 0.900. The Morgan fingerprint density at radius 2 is 1.52 bits per heavy atom. The van der Waals surface area contributed by atoms with Gasteiger partial charge in [-0.1, -0.05) is 6.92 Å². The Labute approximate surface area is 150 Å². The second-order valence-corrected chi connectivity index (χ2v) is 9.29. The van der Waals surface area contributed by atoms with E-state index in [9.17, 15) is 14.7 Å². The summed E-state index contributed by atoms with van der Waals surface area (Å²) in [6, 6.07) is 0. The summed E-state index contributed by atoms with van der Waals surface area (Å²) >= 11 is 0. The standard InChI is InChI=1S/C20H32O5/c1-4-19(2,3)17(22)24-11-16(21)12-25-18(23)20-8-13-5-14(9-20)7-15(6-13)10-20/h13-16,21H,4-12H2,1-3H3. The van der Waals surface area contributed by atoms with Crippen molar-refractivity contribution >= 4 is 11.9 Å². The number of hydrogen-bond acceptors (Lipinski definition) is 5. The molecule has 1 unspecified atom stereocenters. The van der Waals surface area contributed by atoms with Gasteiger partial charge in [-0.2, -0.15) is 0 Å². The van der Waals surface area contributed by atoms with E-state index in [4.69, 9.17) is 9.47 Å². The number of carbonyl (C=O) groups is 2. The Balaban J connectivity index is 1.45. The molecule has 0 spiro atoms. The van der Waals surface area contributed by atoms with Crippen molar-refractivity contribution in [3.8, 4) is 0 Å². The van der Waals surface area contributed by atoms with Crippen molar-refractivity contribution in [3.63, 3.8) is 0 Å². The average Bonchev–Trinajstić information content (AvgIpc) is 2.56. The first-order valence-electron chi connectivity index (χ1n) is 9.76. The van der Waals surface area contributed by atoms with E-state index in [0.717, 1.165) is 19.3 Å². The molecule has 0 aromatic rings. The maximum atomic E-state index is 12.7. The number of aliphatic hydroxyl groups excluding tert-OH is 1. The number of rotatable bonds is 7. The number of esters is 2. The van der Waals surface area contributed by atoms with Crippen molar-refractivity contribution in [2.24, 2.45) is 28.6 Å². The van der Waals surface area contributed by atoms with Gasteiger partial charge in [-0.05, 0) is 76.5 Å². The van der Waals surface area contributed by atoms with Crippen LogP contribution in [0.5, 0.6) is 0 Å². The molecule has 0 heterocycles. The first-order chi connectivity index (χ1) is 11.7. The molecule has 0 amide bonds. The largest absolute Gasteiger partial charge is 0.462 e. The Morgan fingerprint density at radius 3 is 2.00 bits per heavy atom. The minimum absolute atomic E-state index is 0.0968. The van der Waals surface area contributed by atoms with E-state index >= 15 is 0 Å². The maximum absolute atomic E-state index is 12.7. The van der Waals surface area contributed by atoms with Gasteiger partial charge in [-0.3, -0.25) is 9.59 Å². The molecule has 4 rings (SSSR count). The third kappa shape index (κ3) is 3.86. The highest BCUT2D eigenvalue weighted by molar-refractivity contribution is 5.77. The lowest BCUT2D eigenvalue weighted by Gasteiger charge is -2.55. The molecule has 0 radical (unpaired) electrons. The number of aliphatic hydroxyl groups is 1. The molecule has 25 heavy (non-hydrogen) atoms. The van der Waals surface area contributed by atoms with Crippen molar-refractivity contribution in [1.82, 2.24) is 0 Å². The summed E-state index contributed by atoms with van der Waals surface area (Å²) in [6.07, 6.45) is 6.39. The second-order valence-electron chi connectivity index (χ2n) is 9.29.